The molecule has 0 aliphatic carbocycles. The first kappa shape index (κ1) is 19.1. The molecule has 0 aromatic heterocycles. The summed E-state index contributed by atoms with van der Waals surface area (Å²) >= 11 is 0. The van der Waals surface area contributed by atoms with E-state index in [2.05, 4.69) is 19.2 Å². The van der Waals surface area contributed by atoms with Gasteiger partial charge in [-0.2, -0.15) is 0 Å². The fourth-order valence-corrected chi connectivity index (χ4v) is 2.34. The molecule has 7 nitrogen and oxygen atoms in total. The molecule has 0 radical (unpaired) electrons. The highest BCUT2D eigenvalue weighted by atomic mass is 16.2. The number of hydrogen-bond donors (Lipinski definition) is 1. The molecule has 7 heteroatoms. The molecule has 0 spiro atoms. The Kier molecular flexibility index (Phi) is 6.72. The summed E-state index contributed by atoms with van der Waals surface area (Å²) in [6.07, 6.45) is 1.80. The topological polar surface area (TPSA) is 86.8 Å². The van der Waals surface area contributed by atoms with Crippen LogP contribution < -0.4 is 5.32 Å². The molecular formula is C16H27N3O4. The molecule has 5 amide bonds. The molecule has 23 heavy (non-hydrogen) atoms. The van der Waals surface area contributed by atoms with Crippen molar-refractivity contribution in [2.24, 2.45) is 11.8 Å². The van der Waals surface area contributed by atoms with Gasteiger partial charge in [-0.05, 0) is 31.6 Å². The Morgan fingerprint density at radius 3 is 2.00 bits per heavy atom. The van der Waals surface area contributed by atoms with Crippen LogP contribution in [0.3, 0.4) is 0 Å². The monoisotopic (exact) mass is 325 g/mol. The third-order valence-electron chi connectivity index (χ3n) is 3.57. The van der Waals surface area contributed by atoms with Crippen LogP contribution >= 0.6 is 0 Å². The number of urea groups is 1. The van der Waals surface area contributed by atoms with Crippen molar-refractivity contribution in [3.05, 3.63) is 0 Å². The number of carbonyl (C=O) groups is 4. The van der Waals surface area contributed by atoms with E-state index in [1.807, 2.05) is 20.8 Å². The Hall–Kier alpha value is -1.92. The third kappa shape index (κ3) is 5.33. The lowest BCUT2D eigenvalue weighted by Gasteiger charge is -2.19. The van der Waals surface area contributed by atoms with Gasteiger partial charge in [0.2, 0.25) is 5.91 Å². The van der Waals surface area contributed by atoms with Crippen LogP contribution in [0.15, 0.2) is 0 Å². The molecule has 0 saturated carbocycles. The van der Waals surface area contributed by atoms with Crippen LogP contribution in [0.5, 0.6) is 0 Å². The quantitative estimate of drug-likeness (QED) is 0.539. The van der Waals surface area contributed by atoms with E-state index in [1.165, 1.54) is 0 Å². The zero-order chi connectivity index (χ0) is 17.7. The van der Waals surface area contributed by atoms with Crippen LogP contribution in [0.2, 0.25) is 0 Å². The van der Waals surface area contributed by atoms with E-state index < -0.39 is 30.3 Å². The summed E-state index contributed by atoms with van der Waals surface area (Å²) in [6, 6.07) is -0.751. The van der Waals surface area contributed by atoms with Crippen LogP contribution in [0.1, 0.15) is 47.5 Å². The maximum Gasteiger partial charge on any atom is 0.334 e. The average Bonchev–Trinajstić information content (AvgIpc) is 2.62. The Balaban J connectivity index is 2.59. The SMILES string of the molecule is CC(C)CC[C@H](C)NC(=O)CN1C(=O)C(=O)N(CC(C)C)C1=O. The molecule has 1 saturated heterocycles. The van der Waals surface area contributed by atoms with Gasteiger partial charge in [0, 0.05) is 12.6 Å². The van der Waals surface area contributed by atoms with Crippen molar-refractivity contribution in [1.82, 2.24) is 15.1 Å². The predicted molar refractivity (Wildman–Crippen MR) is 85.3 cm³/mol. The van der Waals surface area contributed by atoms with Gasteiger partial charge in [0.25, 0.3) is 0 Å². The highest BCUT2D eigenvalue weighted by molar-refractivity contribution is 6.45. The van der Waals surface area contributed by atoms with E-state index >= 15 is 0 Å². The Morgan fingerprint density at radius 2 is 1.48 bits per heavy atom. The number of nitrogens with one attached hydrogen (secondary N) is 1. The minimum atomic E-state index is -0.930. The van der Waals surface area contributed by atoms with Crippen molar-refractivity contribution in [3.63, 3.8) is 0 Å². The van der Waals surface area contributed by atoms with E-state index in [0.29, 0.717) is 5.92 Å². The molecule has 0 aromatic rings. The third-order valence-corrected chi connectivity index (χ3v) is 3.57. The second-order valence-corrected chi connectivity index (χ2v) is 6.92. The molecule has 1 N–H and O–H groups in total. The molecular weight excluding hydrogens is 298 g/mol. The molecule has 1 aliphatic rings. The summed E-state index contributed by atoms with van der Waals surface area (Å²) in [5, 5.41) is 2.76. The predicted octanol–water partition coefficient (Wildman–Crippen LogP) is 1.37. The first-order valence-electron chi connectivity index (χ1n) is 8.10. The fourth-order valence-electron chi connectivity index (χ4n) is 2.34. The summed E-state index contributed by atoms with van der Waals surface area (Å²) in [5.74, 6) is -1.62. The van der Waals surface area contributed by atoms with Crippen molar-refractivity contribution in [2.45, 2.75) is 53.5 Å². The maximum absolute atomic E-state index is 12.1. The Bertz CT molecular complexity index is 488. The van der Waals surface area contributed by atoms with Gasteiger partial charge < -0.3 is 5.32 Å². The number of hydrogen-bond acceptors (Lipinski definition) is 4. The molecule has 1 fully saturated rings. The number of nitrogens with zero attached hydrogens (tertiary/aromatic N) is 2. The van der Waals surface area contributed by atoms with E-state index in [1.54, 1.807) is 0 Å². The second kappa shape index (κ2) is 8.08. The van der Waals surface area contributed by atoms with Crippen LogP contribution in [-0.4, -0.2) is 52.7 Å². The number of imide groups is 2. The average molecular weight is 325 g/mol. The van der Waals surface area contributed by atoms with Crippen molar-refractivity contribution in [1.29, 1.82) is 0 Å². The lowest BCUT2D eigenvalue weighted by molar-refractivity contribution is -0.144. The minimum Gasteiger partial charge on any atom is -0.352 e. The van der Waals surface area contributed by atoms with E-state index in [0.717, 1.165) is 22.6 Å². The van der Waals surface area contributed by atoms with Gasteiger partial charge in [0.1, 0.15) is 6.54 Å². The molecule has 1 rings (SSSR count). The standard InChI is InChI=1S/C16H27N3O4/c1-10(2)6-7-12(5)17-13(20)9-19-15(22)14(21)18(16(19)23)8-11(3)4/h10-12H,6-9H2,1-5H3,(H,17,20)/t12-/m0/s1. The highest BCUT2D eigenvalue weighted by Gasteiger charge is 2.45. The summed E-state index contributed by atoms with van der Waals surface area (Å²) in [6.45, 7) is 9.53. The summed E-state index contributed by atoms with van der Waals surface area (Å²) in [7, 11) is 0. The molecule has 1 heterocycles. The van der Waals surface area contributed by atoms with Gasteiger partial charge in [-0.15, -0.1) is 0 Å². The van der Waals surface area contributed by atoms with Crippen LogP contribution in [-0.2, 0) is 14.4 Å². The van der Waals surface area contributed by atoms with Gasteiger partial charge >= 0.3 is 17.8 Å². The fraction of sp³-hybridized carbons (Fsp3) is 0.750. The Morgan fingerprint density at radius 1 is 0.913 bits per heavy atom. The lowest BCUT2D eigenvalue weighted by atomic mass is 10.0. The Labute approximate surface area is 137 Å². The van der Waals surface area contributed by atoms with Gasteiger partial charge in [-0.25, -0.2) is 9.69 Å². The molecule has 0 unspecified atom stereocenters. The first-order chi connectivity index (χ1) is 10.6. The van der Waals surface area contributed by atoms with Gasteiger partial charge in [0.05, 0.1) is 0 Å². The van der Waals surface area contributed by atoms with E-state index in [9.17, 15) is 19.2 Å². The smallest absolute Gasteiger partial charge is 0.334 e. The van der Waals surface area contributed by atoms with Gasteiger partial charge in [-0.3, -0.25) is 19.3 Å². The summed E-state index contributed by atoms with van der Waals surface area (Å²) < 4.78 is 0. The summed E-state index contributed by atoms with van der Waals surface area (Å²) in [4.78, 5) is 49.4. The molecule has 0 bridgehead atoms. The van der Waals surface area contributed by atoms with Crippen molar-refractivity contribution in [3.8, 4) is 0 Å². The normalized spacial score (nSPS) is 16.7. The molecule has 1 atom stereocenters. The van der Waals surface area contributed by atoms with Gasteiger partial charge in [-0.1, -0.05) is 27.7 Å². The van der Waals surface area contributed by atoms with Crippen LogP contribution in [0.4, 0.5) is 4.79 Å². The van der Waals surface area contributed by atoms with Crippen molar-refractivity contribution >= 4 is 23.8 Å². The zero-order valence-electron chi connectivity index (χ0n) is 14.6. The molecule has 130 valence electrons. The lowest BCUT2D eigenvalue weighted by Crippen LogP contribution is -2.44. The van der Waals surface area contributed by atoms with E-state index in [4.69, 9.17) is 0 Å². The molecule has 1 aliphatic heterocycles. The van der Waals surface area contributed by atoms with Crippen molar-refractivity contribution in [2.75, 3.05) is 13.1 Å². The molecule has 0 aromatic carbocycles. The number of rotatable bonds is 8. The van der Waals surface area contributed by atoms with Crippen LogP contribution in [0.25, 0.3) is 0 Å². The van der Waals surface area contributed by atoms with E-state index in [-0.39, 0.29) is 18.5 Å². The number of carbonyl (C=O) groups excluding carboxylic acids is 4. The van der Waals surface area contributed by atoms with Crippen molar-refractivity contribution < 1.29 is 19.2 Å². The minimum absolute atomic E-state index is 0.0415. The first-order valence-corrected chi connectivity index (χ1v) is 8.10. The van der Waals surface area contributed by atoms with Crippen LogP contribution in [0, 0.1) is 11.8 Å². The largest absolute Gasteiger partial charge is 0.352 e. The zero-order valence-corrected chi connectivity index (χ0v) is 14.6. The second-order valence-electron chi connectivity index (χ2n) is 6.92. The highest BCUT2D eigenvalue weighted by Crippen LogP contribution is 2.14. The number of amides is 5. The summed E-state index contributed by atoms with van der Waals surface area (Å²) in [5.41, 5.74) is 0. The maximum atomic E-state index is 12.1. The van der Waals surface area contributed by atoms with Gasteiger partial charge in [0.15, 0.2) is 0 Å².